The number of phenols is 1. The van der Waals surface area contributed by atoms with Crippen molar-refractivity contribution >= 4 is 17.5 Å². The highest BCUT2D eigenvalue weighted by Gasteiger charge is 2.33. The molecule has 1 aliphatic rings. The van der Waals surface area contributed by atoms with E-state index in [1.165, 1.54) is 6.42 Å². The van der Waals surface area contributed by atoms with Gasteiger partial charge in [-0.2, -0.15) is 0 Å². The van der Waals surface area contributed by atoms with Crippen LogP contribution in [0.15, 0.2) is 18.2 Å². The second kappa shape index (κ2) is 5.83. The highest BCUT2D eigenvalue weighted by Crippen LogP contribution is 2.30. The van der Waals surface area contributed by atoms with Crippen molar-refractivity contribution in [3.05, 3.63) is 29.3 Å². The second-order valence-corrected chi connectivity index (χ2v) is 5.65. The van der Waals surface area contributed by atoms with Crippen LogP contribution in [0.3, 0.4) is 0 Å². The van der Waals surface area contributed by atoms with Gasteiger partial charge in [0.15, 0.2) is 0 Å². The molecule has 0 bridgehead atoms. The number of aromatic hydroxyl groups is 1. The van der Waals surface area contributed by atoms with Gasteiger partial charge in [0.2, 0.25) is 0 Å². The monoisotopic (exact) mass is 281 g/mol. The Hall–Kier alpha value is -1.22. The molecule has 1 saturated carbocycles. The number of carbonyl (C=O) groups excluding carboxylic acids is 1. The maximum absolute atomic E-state index is 12.4. The summed E-state index contributed by atoms with van der Waals surface area (Å²) in [5, 5.41) is 12.8. The summed E-state index contributed by atoms with van der Waals surface area (Å²) in [6.45, 7) is 1.75. The van der Waals surface area contributed by atoms with E-state index in [0.29, 0.717) is 17.0 Å². The van der Waals surface area contributed by atoms with E-state index in [1.54, 1.807) is 25.1 Å². The van der Waals surface area contributed by atoms with Gasteiger partial charge in [-0.3, -0.25) is 4.79 Å². The lowest BCUT2D eigenvalue weighted by Crippen LogP contribution is -2.51. The first kappa shape index (κ1) is 14.2. The molecule has 1 aliphatic carbocycles. The predicted octanol–water partition coefficient (Wildman–Crippen LogP) is 3.37. The summed E-state index contributed by atoms with van der Waals surface area (Å²) in [4.78, 5) is 12.4. The van der Waals surface area contributed by atoms with E-state index >= 15 is 0 Å². The lowest BCUT2D eigenvalue weighted by molar-refractivity contribution is 0.0883. The molecule has 0 atom stereocenters. The van der Waals surface area contributed by atoms with Crippen LogP contribution in [0.1, 0.15) is 48.0 Å². The highest BCUT2D eigenvalue weighted by atomic mass is 35.5. The van der Waals surface area contributed by atoms with Gasteiger partial charge in [-0.05, 0) is 31.9 Å². The number of rotatable bonds is 3. The number of phenolic OH excluding ortho intramolecular Hbond substituents is 1. The van der Waals surface area contributed by atoms with Crippen LogP contribution >= 0.6 is 11.6 Å². The van der Waals surface area contributed by atoms with Gasteiger partial charge in [-0.15, -0.1) is 11.6 Å². The lowest BCUT2D eigenvalue weighted by Gasteiger charge is -2.36. The third-order valence-electron chi connectivity index (χ3n) is 3.99. The van der Waals surface area contributed by atoms with Crippen molar-refractivity contribution < 1.29 is 9.90 Å². The third kappa shape index (κ3) is 3.03. The van der Waals surface area contributed by atoms with Crippen LogP contribution in [0.25, 0.3) is 0 Å². The largest absolute Gasteiger partial charge is 0.508 e. The van der Waals surface area contributed by atoms with Crippen LogP contribution in [-0.4, -0.2) is 22.4 Å². The predicted molar refractivity (Wildman–Crippen MR) is 76.8 cm³/mol. The van der Waals surface area contributed by atoms with Crippen LogP contribution in [0, 0.1) is 6.92 Å². The summed E-state index contributed by atoms with van der Waals surface area (Å²) in [5.74, 6) is 0.448. The van der Waals surface area contributed by atoms with Crippen molar-refractivity contribution in [2.75, 3.05) is 5.88 Å². The number of amides is 1. The molecule has 1 amide bonds. The van der Waals surface area contributed by atoms with Crippen LogP contribution in [-0.2, 0) is 0 Å². The first-order valence-electron chi connectivity index (χ1n) is 6.75. The first-order chi connectivity index (χ1) is 9.08. The Kier molecular flexibility index (Phi) is 4.35. The molecule has 1 aromatic rings. The van der Waals surface area contributed by atoms with Gasteiger partial charge in [0, 0.05) is 17.0 Å². The average Bonchev–Trinajstić information content (AvgIpc) is 2.42. The minimum absolute atomic E-state index is 0.143. The zero-order valence-corrected chi connectivity index (χ0v) is 12.0. The molecule has 0 aliphatic heterocycles. The molecular weight excluding hydrogens is 262 g/mol. The SMILES string of the molecule is Cc1c(O)cccc1C(=O)NC1(CCl)CCCCC1. The third-order valence-corrected chi connectivity index (χ3v) is 4.51. The van der Waals surface area contributed by atoms with Crippen LogP contribution in [0.2, 0.25) is 0 Å². The van der Waals surface area contributed by atoms with Gasteiger partial charge in [0.25, 0.3) is 5.91 Å². The molecular formula is C15H20ClNO2. The lowest BCUT2D eigenvalue weighted by atomic mass is 9.83. The first-order valence-corrected chi connectivity index (χ1v) is 7.28. The van der Waals surface area contributed by atoms with Gasteiger partial charge in [-0.25, -0.2) is 0 Å². The van der Waals surface area contributed by atoms with E-state index in [1.807, 2.05) is 0 Å². The van der Waals surface area contributed by atoms with Crippen molar-refractivity contribution in [3.8, 4) is 5.75 Å². The number of hydrogen-bond donors (Lipinski definition) is 2. The Morgan fingerprint density at radius 3 is 2.68 bits per heavy atom. The number of carbonyl (C=O) groups is 1. The fraction of sp³-hybridized carbons (Fsp3) is 0.533. The molecule has 1 fully saturated rings. The Morgan fingerprint density at radius 2 is 2.05 bits per heavy atom. The molecule has 0 saturated heterocycles. The van der Waals surface area contributed by atoms with Gasteiger partial charge in [0.1, 0.15) is 5.75 Å². The maximum atomic E-state index is 12.4. The molecule has 0 radical (unpaired) electrons. The smallest absolute Gasteiger partial charge is 0.252 e. The van der Waals surface area contributed by atoms with E-state index in [2.05, 4.69) is 5.32 Å². The molecule has 2 N–H and O–H groups in total. The number of nitrogens with one attached hydrogen (secondary N) is 1. The standard InChI is InChI=1S/C15H20ClNO2/c1-11-12(6-5-7-13(11)18)14(19)17-15(10-16)8-3-2-4-9-15/h5-7,18H,2-4,8-10H2,1H3,(H,17,19). The van der Waals surface area contributed by atoms with E-state index in [0.717, 1.165) is 25.7 Å². The molecule has 19 heavy (non-hydrogen) atoms. The van der Waals surface area contributed by atoms with Crippen molar-refractivity contribution in [2.45, 2.75) is 44.6 Å². The van der Waals surface area contributed by atoms with Gasteiger partial charge in [-0.1, -0.05) is 25.3 Å². The maximum Gasteiger partial charge on any atom is 0.252 e. The number of alkyl halides is 1. The quantitative estimate of drug-likeness (QED) is 0.835. The number of halogens is 1. The summed E-state index contributed by atoms with van der Waals surface area (Å²) < 4.78 is 0. The minimum Gasteiger partial charge on any atom is -0.508 e. The van der Waals surface area contributed by atoms with Crippen molar-refractivity contribution in [1.29, 1.82) is 0 Å². The van der Waals surface area contributed by atoms with E-state index < -0.39 is 0 Å². The summed E-state index contributed by atoms with van der Waals surface area (Å²) in [5.41, 5.74) is 0.852. The normalized spacial score (nSPS) is 18.0. The molecule has 2 rings (SSSR count). The van der Waals surface area contributed by atoms with E-state index in [-0.39, 0.29) is 17.2 Å². The molecule has 0 aromatic heterocycles. The van der Waals surface area contributed by atoms with E-state index in [4.69, 9.17) is 11.6 Å². The average molecular weight is 282 g/mol. The van der Waals surface area contributed by atoms with Gasteiger partial charge >= 0.3 is 0 Å². The van der Waals surface area contributed by atoms with Gasteiger partial charge in [0.05, 0.1) is 5.54 Å². The summed E-state index contributed by atoms with van der Waals surface area (Å²) >= 11 is 6.08. The fourth-order valence-corrected chi connectivity index (χ4v) is 3.03. The Balaban J connectivity index is 2.17. The fourth-order valence-electron chi connectivity index (χ4n) is 2.70. The molecule has 0 heterocycles. The Bertz CT molecular complexity index is 467. The molecule has 1 aromatic carbocycles. The van der Waals surface area contributed by atoms with E-state index in [9.17, 15) is 9.90 Å². The second-order valence-electron chi connectivity index (χ2n) is 5.38. The van der Waals surface area contributed by atoms with Crippen molar-refractivity contribution in [3.63, 3.8) is 0 Å². The zero-order valence-electron chi connectivity index (χ0n) is 11.2. The Morgan fingerprint density at radius 1 is 1.37 bits per heavy atom. The molecule has 0 unspecified atom stereocenters. The summed E-state index contributed by atoms with van der Waals surface area (Å²) in [6.07, 6.45) is 5.28. The number of benzene rings is 1. The summed E-state index contributed by atoms with van der Waals surface area (Å²) in [7, 11) is 0. The Labute approximate surface area is 119 Å². The summed E-state index contributed by atoms with van der Waals surface area (Å²) in [6, 6.07) is 5.00. The van der Waals surface area contributed by atoms with Crippen molar-refractivity contribution in [2.24, 2.45) is 0 Å². The topological polar surface area (TPSA) is 49.3 Å². The number of hydrogen-bond acceptors (Lipinski definition) is 2. The van der Waals surface area contributed by atoms with Crippen LogP contribution in [0.5, 0.6) is 5.75 Å². The molecule has 104 valence electrons. The molecule has 4 heteroatoms. The zero-order chi connectivity index (χ0) is 13.9. The van der Waals surface area contributed by atoms with Crippen LogP contribution < -0.4 is 5.32 Å². The van der Waals surface area contributed by atoms with Crippen LogP contribution in [0.4, 0.5) is 0 Å². The highest BCUT2D eigenvalue weighted by molar-refractivity contribution is 6.19. The molecule has 3 nitrogen and oxygen atoms in total. The van der Waals surface area contributed by atoms with Crippen molar-refractivity contribution in [1.82, 2.24) is 5.32 Å². The minimum atomic E-state index is -0.283. The van der Waals surface area contributed by atoms with Gasteiger partial charge < -0.3 is 10.4 Å². The molecule has 0 spiro atoms.